The molecule has 0 aliphatic heterocycles. The third-order valence-electron chi connectivity index (χ3n) is 2.17. The van der Waals surface area contributed by atoms with Gasteiger partial charge in [0.05, 0.1) is 5.39 Å². The highest BCUT2D eigenvalue weighted by Gasteiger charge is 2.21. The summed E-state index contributed by atoms with van der Waals surface area (Å²) in [4.78, 5) is 10.7. The first-order valence-electron chi connectivity index (χ1n) is 4.12. The fraction of sp³-hybridized carbons (Fsp3) is 0.100. The molecule has 0 unspecified atom stereocenters. The first kappa shape index (κ1) is 9.64. The molecule has 0 aliphatic rings. The highest BCUT2D eigenvalue weighted by molar-refractivity contribution is 5.95. The molecule has 1 aromatic heterocycles. The zero-order chi connectivity index (χ0) is 11.2. The topological polar surface area (TPSA) is 50.4 Å². The SMILES string of the molecule is Cc1c(C(=O)O)oc2c(F)ccc(F)c12. The molecule has 5 heteroatoms. The number of carboxylic acids is 1. The van der Waals surface area contributed by atoms with Crippen LogP contribution in [0.3, 0.4) is 0 Å². The number of carboxylic acid groups (broad SMARTS) is 1. The number of rotatable bonds is 1. The van der Waals surface area contributed by atoms with E-state index in [1.54, 1.807) is 0 Å². The molecule has 0 fully saturated rings. The van der Waals surface area contributed by atoms with Gasteiger partial charge in [0.15, 0.2) is 11.4 Å². The van der Waals surface area contributed by atoms with Gasteiger partial charge in [0, 0.05) is 5.56 Å². The van der Waals surface area contributed by atoms with Gasteiger partial charge in [-0.25, -0.2) is 13.6 Å². The lowest BCUT2D eigenvalue weighted by molar-refractivity contribution is 0.0663. The molecule has 0 atom stereocenters. The maximum absolute atomic E-state index is 13.3. The van der Waals surface area contributed by atoms with E-state index >= 15 is 0 Å². The van der Waals surface area contributed by atoms with Gasteiger partial charge in [-0.3, -0.25) is 0 Å². The summed E-state index contributed by atoms with van der Waals surface area (Å²) < 4.78 is 31.2. The van der Waals surface area contributed by atoms with Gasteiger partial charge in [0.1, 0.15) is 5.82 Å². The lowest BCUT2D eigenvalue weighted by Crippen LogP contribution is -1.95. The van der Waals surface area contributed by atoms with Gasteiger partial charge in [0.25, 0.3) is 0 Å². The molecule has 0 bridgehead atoms. The summed E-state index contributed by atoms with van der Waals surface area (Å²) in [6.45, 7) is 1.37. The third kappa shape index (κ3) is 1.27. The van der Waals surface area contributed by atoms with Crippen LogP contribution in [-0.2, 0) is 0 Å². The van der Waals surface area contributed by atoms with Crippen LogP contribution in [-0.4, -0.2) is 11.1 Å². The van der Waals surface area contributed by atoms with Gasteiger partial charge >= 0.3 is 5.97 Å². The molecule has 0 saturated heterocycles. The van der Waals surface area contributed by atoms with E-state index in [1.807, 2.05) is 0 Å². The lowest BCUT2D eigenvalue weighted by atomic mass is 10.1. The minimum Gasteiger partial charge on any atom is -0.475 e. The number of fused-ring (bicyclic) bond motifs is 1. The number of carbonyl (C=O) groups is 1. The van der Waals surface area contributed by atoms with E-state index in [1.165, 1.54) is 6.92 Å². The van der Waals surface area contributed by atoms with Crippen molar-refractivity contribution in [3.63, 3.8) is 0 Å². The molecule has 2 aromatic rings. The highest BCUT2D eigenvalue weighted by atomic mass is 19.1. The number of hydrogen-bond acceptors (Lipinski definition) is 2. The van der Waals surface area contributed by atoms with Crippen LogP contribution >= 0.6 is 0 Å². The predicted octanol–water partition coefficient (Wildman–Crippen LogP) is 2.72. The number of aryl methyl sites for hydroxylation is 1. The van der Waals surface area contributed by atoms with Crippen LogP contribution in [0.1, 0.15) is 16.1 Å². The largest absolute Gasteiger partial charge is 0.475 e. The predicted molar refractivity (Wildman–Crippen MR) is 47.8 cm³/mol. The second-order valence-electron chi connectivity index (χ2n) is 3.09. The molecule has 0 saturated carbocycles. The Morgan fingerprint density at radius 1 is 1.33 bits per heavy atom. The summed E-state index contributed by atoms with van der Waals surface area (Å²) in [7, 11) is 0. The summed E-state index contributed by atoms with van der Waals surface area (Å²) in [5.74, 6) is -3.25. The molecule has 15 heavy (non-hydrogen) atoms. The maximum atomic E-state index is 13.3. The van der Waals surface area contributed by atoms with Crippen molar-refractivity contribution in [1.29, 1.82) is 0 Å². The third-order valence-corrected chi connectivity index (χ3v) is 2.17. The number of aromatic carboxylic acids is 1. The minimum atomic E-state index is -1.34. The Hall–Kier alpha value is -1.91. The molecular weight excluding hydrogens is 206 g/mol. The molecular formula is C10H6F2O3. The first-order valence-corrected chi connectivity index (χ1v) is 4.12. The Labute approximate surface area is 82.9 Å². The quantitative estimate of drug-likeness (QED) is 0.790. The standard InChI is InChI=1S/C10H6F2O3/c1-4-7-5(11)2-3-6(12)9(7)15-8(4)10(13)14/h2-3H,1H3,(H,13,14). The molecule has 1 N–H and O–H groups in total. The minimum absolute atomic E-state index is 0.0921. The summed E-state index contributed by atoms with van der Waals surface area (Å²) in [6, 6.07) is 1.83. The molecule has 3 nitrogen and oxygen atoms in total. The van der Waals surface area contributed by atoms with Crippen LogP contribution in [0.4, 0.5) is 8.78 Å². The van der Waals surface area contributed by atoms with E-state index in [-0.39, 0.29) is 16.5 Å². The summed E-state index contributed by atoms with van der Waals surface area (Å²) in [6.07, 6.45) is 0. The zero-order valence-corrected chi connectivity index (χ0v) is 7.67. The van der Waals surface area contributed by atoms with Crippen molar-refractivity contribution in [3.05, 3.63) is 35.1 Å². The van der Waals surface area contributed by atoms with Crippen molar-refractivity contribution in [1.82, 2.24) is 0 Å². The zero-order valence-electron chi connectivity index (χ0n) is 7.67. The molecule has 0 radical (unpaired) electrons. The highest BCUT2D eigenvalue weighted by Crippen LogP contribution is 2.29. The van der Waals surface area contributed by atoms with Crippen molar-refractivity contribution in [2.45, 2.75) is 6.92 Å². The van der Waals surface area contributed by atoms with E-state index in [4.69, 9.17) is 9.52 Å². The van der Waals surface area contributed by atoms with Crippen LogP contribution in [0.5, 0.6) is 0 Å². The fourth-order valence-electron chi connectivity index (χ4n) is 1.48. The van der Waals surface area contributed by atoms with Gasteiger partial charge in [-0.2, -0.15) is 0 Å². The molecule has 0 amide bonds. The summed E-state index contributed by atoms with van der Waals surface area (Å²) >= 11 is 0. The van der Waals surface area contributed by atoms with Crippen molar-refractivity contribution < 1.29 is 23.1 Å². The van der Waals surface area contributed by atoms with Crippen molar-refractivity contribution in [3.8, 4) is 0 Å². The maximum Gasteiger partial charge on any atom is 0.372 e. The average Bonchev–Trinajstić information content (AvgIpc) is 2.51. The van der Waals surface area contributed by atoms with Crippen molar-refractivity contribution in [2.75, 3.05) is 0 Å². The average molecular weight is 212 g/mol. The first-order chi connectivity index (χ1) is 7.02. The van der Waals surface area contributed by atoms with Gasteiger partial charge in [-0.05, 0) is 19.1 Å². The molecule has 1 aromatic carbocycles. The van der Waals surface area contributed by atoms with E-state index in [0.717, 1.165) is 12.1 Å². The second kappa shape index (κ2) is 3.05. The Bertz CT molecular complexity index is 557. The van der Waals surface area contributed by atoms with E-state index < -0.39 is 23.4 Å². The van der Waals surface area contributed by atoms with Gasteiger partial charge in [-0.15, -0.1) is 0 Å². The van der Waals surface area contributed by atoms with Gasteiger partial charge in [-0.1, -0.05) is 0 Å². The smallest absolute Gasteiger partial charge is 0.372 e. The number of benzene rings is 1. The number of halogens is 2. The summed E-state index contributed by atoms with van der Waals surface area (Å²) in [5.41, 5.74) is -0.264. The van der Waals surface area contributed by atoms with Crippen LogP contribution in [0, 0.1) is 18.6 Å². The lowest BCUT2D eigenvalue weighted by Gasteiger charge is -1.92. The van der Waals surface area contributed by atoms with Crippen molar-refractivity contribution in [2.24, 2.45) is 0 Å². The van der Waals surface area contributed by atoms with Crippen LogP contribution in [0.25, 0.3) is 11.0 Å². The van der Waals surface area contributed by atoms with Crippen LogP contribution < -0.4 is 0 Å². The second-order valence-corrected chi connectivity index (χ2v) is 3.09. The van der Waals surface area contributed by atoms with E-state index in [2.05, 4.69) is 0 Å². The van der Waals surface area contributed by atoms with E-state index in [0.29, 0.717) is 0 Å². The molecule has 2 rings (SSSR count). The van der Waals surface area contributed by atoms with Crippen LogP contribution in [0.15, 0.2) is 16.5 Å². The molecule has 1 heterocycles. The number of furan rings is 1. The number of hydrogen-bond donors (Lipinski definition) is 1. The van der Waals surface area contributed by atoms with Gasteiger partial charge in [0.2, 0.25) is 5.76 Å². The van der Waals surface area contributed by atoms with Crippen molar-refractivity contribution >= 4 is 16.9 Å². The Kier molecular flexibility index (Phi) is 1.96. The van der Waals surface area contributed by atoms with Crippen LogP contribution in [0.2, 0.25) is 0 Å². The fourth-order valence-corrected chi connectivity index (χ4v) is 1.48. The summed E-state index contributed by atoms with van der Waals surface area (Å²) in [5, 5.41) is 8.59. The Balaban J connectivity index is 2.93. The normalized spacial score (nSPS) is 10.9. The molecule has 0 aliphatic carbocycles. The Morgan fingerprint density at radius 3 is 2.47 bits per heavy atom. The van der Waals surface area contributed by atoms with E-state index in [9.17, 15) is 13.6 Å². The van der Waals surface area contributed by atoms with Gasteiger partial charge < -0.3 is 9.52 Å². The molecule has 78 valence electrons. The molecule has 0 spiro atoms. The Morgan fingerprint density at radius 2 is 1.93 bits per heavy atom. The monoisotopic (exact) mass is 212 g/mol.